The van der Waals surface area contributed by atoms with Crippen molar-refractivity contribution in [2.24, 2.45) is 0 Å². The monoisotopic (exact) mass is 312 g/mol. The van der Waals surface area contributed by atoms with Crippen molar-refractivity contribution < 1.29 is 0 Å². The first-order valence-electron chi connectivity index (χ1n) is 8.62. The molecule has 0 saturated carbocycles. The normalized spacial score (nSPS) is 16.3. The predicted molar refractivity (Wildman–Crippen MR) is 96.1 cm³/mol. The van der Waals surface area contributed by atoms with Crippen molar-refractivity contribution in [2.75, 3.05) is 31.1 Å². The van der Waals surface area contributed by atoms with Gasteiger partial charge in [0.25, 0.3) is 0 Å². The summed E-state index contributed by atoms with van der Waals surface area (Å²) in [4.78, 5) is 5.01. The zero-order chi connectivity index (χ0) is 16.4. The number of H-pyrrole nitrogens is 1. The summed E-state index contributed by atoms with van der Waals surface area (Å²) in [7, 11) is 0. The maximum Gasteiger partial charge on any atom is 0.0827 e. The van der Waals surface area contributed by atoms with Gasteiger partial charge in [-0.1, -0.05) is 38.1 Å². The lowest BCUT2D eigenvalue weighted by atomic mass is 10.0. The van der Waals surface area contributed by atoms with Crippen molar-refractivity contribution in [1.82, 2.24) is 15.1 Å². The van der Waals surface area contributed by atoms with E-state index < -0.39 is 0 Å². The smallest absolute Gasteiger partial charge is 0.0827 e. The van der Waals surface area contributed by atoms with Gasteiger partial charge in [-0.05, 0) is 30.9 Å². The first-order valence-corrected chi connectivity index (χ1v) is 8.62. The molecule has 1 aromatic carbocycles. The molecule has 0 radical (unpaired) electrons. The SMILES string of the molecule is Cc1n[nH]c(C)c1N1CCN(Cc2ccc(C(C)C)cc2)CC1. The van der Waals surface area contributed by atoms with E-state index in [0.717, 1.165) is 38.4 Å². The summed E-state index contributed by atoms with van der Waals surface area (Å²) in [6.45, 7) is 14.1. The van der Waals surface area contributed by atoms with Gasteiger partial charge in [-0.15, -0.1) is 0 Å². The maximum atomic E-state index is 4.32. The van der Waals surface area contributed by atoms with E-state index >= 15 is 0 Å². The number of aromatic amines is 1. The van der Waals surface area contributed by atoms with Gasteiger partial charge < -0.3 is 4.90 Å². The third-order valence-electron chi connectivity index (χ3n) is 4.83. The van der Waals surface area contributed by atoms with Gasteiger partial charge in [-0.2, -0.15) is 5.10 Å². The van der Waals surface area contributed by atoms with Gasteiger partial charge >= 0.3 is 0 Å². The van der Waals surface area contributed by atoms with Crippen LogP contribution in [0, 0.1) is 13.8 Å². The molecule has 2 aromatic rings. The van der Waals surface area contributed by atoms with Gasteiger partial charge in [-0.3, -0.25) is 10.00 Å². The minimum absolute atomic E-state index is 0.606. The number of hydrogen-bond donors (Lipinski definition) is 1. The Morgan fingerprint density at radius 3 is 2.22 bits per heavy atom. The molecule has 4 heteroatoms. The van der Waals surface area contributed by atoms with E-state index in [2.05, 4.69) is 72.0 Å². The summed E-state index contributed by atoms with van der Waals surface area (Å²) < 4.78 is 0. The van der Waals surface area contributed by atoms with Crippen LogP contribution in [0.3, 0.4) is 0 Å². The number of aryl methyl sites for hydroxylation is 2. The number of anilines is 1. The van der Waals surface area contributed by atoms with Crippen LogP contribution in [0.1, 0.15) is 42.3 Å². The number of rotatable bonds is 4. The van der Waals surface area contributed by atoms with Crippen molar-refractivity contribution in [2.45, 2.75) is 40.2 Å². The average molecular weight is 312 g/mol. The molecule has 4 nitrogen and oxygen atoms in total. The molecule has 1 aliphatic heterocycles. The van der Waals surface area contributed by atoms with Crippen molar-refractivity contribution in [1.29, 1.82) is 0 Å². The van der Waals surface area contributed by atoms with Crippen LogP contribution < -0.4 is 4.90 Å². The number of nitrogens with one attached hydrogen (secondary N) is 1. The van der Waals surface area contributed by atoms with E-state index in [9.17, 15) is 0 Å². The first-order chi connectivity index (χ1) is 11.0. The Morgan fingerprint density at radius 2 is 1.70 bits per heavy atom. The van der Waals surface area contributed by atoms with Gasteiger partial charge in [0.05, 0.1) is 17.1 Å². The first kappa shape index (κ1) is 16.1. The molecule has 1 aromatic heterocycles. The fourth-order valence-corrected chi connectivity index (χ4v) is 3.41. The molecule has 0 atom stereocenters. The van der Waals surface area contributed by atoms with E-state index in [4.69, 9.17) is 0 Å². The molecular formula is C19H28N4. The number of benzene rings is 1. The summed E-state index contributed by atoms with van der Waals surface area (Å²) in [5.41, 5.74) is 6.43. The molecule has 0 unspecified atom stereocenters. The van der Waals surface area contributed by atoms with Crippen molar-refractivity contribution >= 4 is 5.69 Å². The highest BCUT2D eigenvalue weighted by Crippen LogP contribution is 2.24. The van der Waals surface area contributed by atoms with Crippen LogP contribution in [-0.4, -0.2) is 41.3 Å². The molecule has 1 saturated heterocycles. The molecule has 1 N–H and O–H groups in total. The van der Waals surface area contributed by atoms with Crippen LogP contribution in [0.5, 0.6) is 0 Å². The topological polar surface area (TPSA) is 35.2 Å². The fraction of sp³-hybridized carbons (Fsp3) is 0.526. The second-order valence-corrected chi connectivity index (χ2v) is 6.94. The molecule has 0 aliphatic carbocycles. The van der Waals surface area contributed by atoms with Crippen LogP contribution in [0.2, 0.25) is 0 Å². The summed E-state index contributed by atoms with van der Waals surface area (Å²) >= 11 is 0. The Bertz CT molecular complexity index is 614. The second-order valence-electron chi connectivity index (χ2n) is 6.94. The number of nitrogens with zero attached hydrogens (tertiary/aromatic N) is 3. The van der Waals surface area contributed by atoms with E-state index in [1.54, 1.807) is 0 Å². The Hall–Kier alpha value is -1.81. The standard InChI is InChI=1S/C19H28N4/c1-14(2)18-7-5-17(6-8-18)13-22-9-11-23(12-10-22)19-15(3)20-21-16(19)4/h5-8,14H,9-13H2,1-4H3,(H,20,21). The average Bonchev–Trinajstić information content (AvgIpc) is 2.88. The van der Waals surface area contributed by atoms with Crippen molar-refractivity contribution in [3.63, 3.8) is 0 Å². The zero-order valence-electron chi connectivity index (χ0n) is 14.8. The molecule has 23 heavy (non-hydrogen) atoms. The Labute approximate surface area is 139 Å². The van der Waals surface area contributed by atoms with Crippen LogP contribution in [0.25, 0.3) is 0 Å². The summed E-state index contributed by atoms with van der Waals surface area (Å²) in [5.74, 6) is 0.606. The summed E-state index contributed by atoms with van der Waals surface area (Å²) in [6.07, 6.45) is 0. The van der Waals surface area contributed by atoms with Crippen LogP contribution in [0.4, 0.5) is 5.69 Å². The predicted octanol–water partition coefficient (Wildman–Crippen LogP) is 3.47. The Balaban J connectivity index is 1.57. The van der Waals surface area contributed by atoms with Crippen molar-refractivity contribution in [3.05, 3.63) is 46.8 Å². The second kappa shape index (κ2) is 6.75. The van der Waals surface area contributed by atoms with E-state index in [0.29, 0.717) is 5.92 Å². The van der Waals surface area contributed by atoms with Gasteiger partial charge in [0.2, 0.25) is 0 Å². The third-order valence-corrected chi connectivity index (χ3v) is 4.83. The fourth-order valence-electron chi connectivity index (χ4n) is 3.41. The van der Waals surface area contributed by atoms with E-state index in [-0.39, 0.29) is 0 Å². The van der Waals surface area contributed by atoms with Gasteiger partial charge in [0, 0.05) is 32.7 Å². The molecule has 1 aliphatic rings. The van der Waals surface area contributed by atoms with Gasteiger partial charge in [0.15, 0.2) is 0 Å². The zero-order valence-corrected chi connectivity index (χ0v) is 14.8. The molecule has 0 spiro atoms. The van der Waals surface area contributed by atoms with Crippen molar-refractivity contribution in [3.8, 4) is 0 Å². The van der Waals surface area contributed by atoms with Gasteiger partial charge in [-0.25, -0.2) is 0 Å². The lowest BCUT2D eigenvalue weighted by Crippen LogP contribution is -2.46. The lowest BCUT2D eigenvalue weighted by molar-refractivity contribution is 0.249. The van der Waals surface area contributed by atoms with E-state index in [1.165, 1.54) is 22.5 Å². The largest absolute Gasteiger partial charge is 0.366 e. The molecular weight excluding hydrogens is 284 g/mol. The highest BCUT2D eigenvalue weighted by atomic mass is 15.3. The van der Waals surface area contributed by atoms with Crippen LogP contribution in [-0.2, 0) is 6.54 Å². The highest BCUT2D eigenvalue weighted by Gasteiger charge is 2.21. The molecule has 2 heterocycles. The molecule has 124 valence electrons. The van der Waals surface area contributed by atoms with Crippen LogP contribution >= 0.6 is 0 Å². The molecule has 0 amide bonds. The quantitative estimate of drug-likeness (QED) is 0.939. The summed E-state index contributed by atoms with van der Waals surface area (Å²) in [5, 5.41) is 7.41. The highest BCUT2D eigenvalue weighted by molar-refractivity contribution is 5.54. The molecule has 3 rings (SSSR count). The van der Waals surface area contributed by atoms with Crippen LogP contribution in [0.15, 0.2) is 24.3 Å². The number of piperazine rings is 1. The lowest BCUT2D eigenvalue weighted by Gasteiger charge is -2.36. The minimum atomic E-state index is 0.606. The third kappa shape index (κ3) is 3.58. The maximum absolute atomic E-state index is 4.32. The molecule has 0 bridgehead atoms. The van der Waals surface area contributed by atoms with E-state index in [1.807, 2.05) is 0 Å². The molecule has 1 fully saturated rings. The summed E-state index contributed by atoms with van der Waals surface area (Å²) in [6, 6.07) is 9.11. The Morgan fingerprint density at radius 1 is 1.04 bits per heavy atom. The van der Waals surface area contributed by atoms with Gasteiger partial charge in [0.1, 0.15) is 0 Å². The number of aromatic nitrogens is 2. The minimum Gasteiger partial charge on any atom is -0.366 e. The number of hydrogen-bond acceptors (Lipinski definition) is 3. The Kier molecular flexibility index (Phi) is 4.71.